The van der Waals surface area contributed by atoms with Crippen molar-refractivity contribution in [2.75, 3.05) is 6.61 Å². The summed E-state index contributed by atoms with van der Waals surface area (Å²) in [7, 11) is 0. The van der Waals surface area contributed by atoms with E-state index in [1.54, 1.807) is 0 Å². The molecule has 0 saturated heterocycles. The minimum atomic E-state index is -0.779. The van der Waals surface area contributed by atoms with Crippen molar-refractivity contribution in [1.29, 1.82) is 0 Å². The molecule has 74 valence electrons. The molecular weight excluding hydrogens is 183 g/mol. The van der Waals surface area contributed by atoms with Crippen molar-refractivity contribution in [1.82, 2.24) is 0 Å². The lowest BCUT2D eigenvalue weighted by atomic mass is 10.1. The van der Waals surface area contributed by atoms with Gasteiger partial charge in [-0.05, 0) is 25.1 Å². The highest BCUT2D eigenvalue weighted by atomic mass is 19.1. The van der Waals surface area contributed by atoms with Gasteiger partial charge in [0, 0.05) is 5.56 Å². The van der Waals surface area contributed by atoms with Gasteiger partial charge in [-0.15, -0.1) is 6.42 Å². The van der Waals surface area contributed by atoms with E-state index in [1.807, 2.05) is 0 Å². The van der Waals surface area contributed by atoms with Crippen molar-refractivity contribution >= 4 is 0 Å². The van der Waals surface area contributed by atoms with E-state index in [9.17, 15) is 9.50 Å². The van der Waals surface area contributed by atoms with Gasteiger partial charge in [0.2, 0.25) is 0 Å². The highest BCUT2D eigenvalue weighted by Gasteiger charge is 2.09. The van der Waals surface area contributed by atoms with Crippen molar-refractivity contribution in [3.63, 3.8) is 0 Å². The van der Waals surface area contributed by atoms with Crippen molar-refractivity contribution in [3.8, 4) is 18.1 Å². The standard InChI is InChI=1S/C11H11FO2/c1-3-6-14-11-5-4-9(12)7-10(11)8(2)13/h1,4-5,7-8,13H,6H2,2H3. The Hall–Kier alpha value is -1.53. The Morgan fingerprint density at radius 2 is 2.36 bits per heavy atom. The third-order valence-electron chi connectivity index (χ3n) is 1.73. The largest absolute Gasteiger partial charge is 0.481 e. The maximum absolute atomic E-state index is 12.8. The molecule has 1 N–H and O–H groups in total. The van der Waals surface area contributed by atoms with Gasteiger partial charge < -0.3 is 9.84 Å². The zero-order valence-corrected chi connectivity index (χ0v) is 7.83. The third-order valence-corrected chi connectivity index (χ3v) is 1.73. The molecular formula is C11H11FO2. The fourth-order valence-electron chi connectivity index (χ4n) is 1.10. The second kappa shape index (κ2) is 4.64. The number of hydrogen-bond acceptors (Lipinski definition) is 2. The van der Waals surface area contributed by atoms with Crippen LogP contribution in [0.15, 0.2) is 18.2 Å². The van der Waals surface area contributed by atoms with Crippen LogP contribution in [-0.2, 0) is 0 Å². The molecule has 1 aromatic carbocycles. The van der Waals surface area contributed by atoms with Gasteiger partial charge in [-0.1, -0.05) is 5.92 Å². The molecule has 1 atom stereocenters. The molecule has 2 nitrogen and oxygen atoms in total. The average molecular weight is 194 g/mol. The molecule has 0 aliphatic rings. The van der Waals surface area contributed by atoms with Gasteiger partial charge in [-0.3, -0.25) is 0 Å². The molecule has 1 rings (SSSR count). The quantitative estimate of drug-likeness (QED) is 0.744. The molecule has 0 spiro atoms. The van der Waals surface area contributed by atoms with E-state index >= 15 is 0 Å². The molecule has 0 radical (unpaired) electrons. The van der Waals surface area contributed by atoms with Crippen LogP contribution in [0.2, 0.25) is 0 Å². The number of benzene rings is 1. The van der Waals surface area contributed by atoms with Gasteiger partial charge in [0.25, 0.3) is 0 Å². The first-order chi connectivity index (χ1) is 6.65. The topological polar surface area (TPSA) is 29.5 Å². The number of ether oxygens (including phenoxy) is 1. The van der Waals surface area contributed by atoms with Crippen molar-refractivity contribution < 1.29 is 14.2 Å². The normalized spacial score (nSPS) is 11.9. The van der Waals surface area contributed by atoms with E-state index in [-0.39, 0.29) is 6.61 Å². The maximum Gasteiger partial charge on any atom is 0.148 e. The van der Waals surface area contributed by atoms with E-state index in [4.69, 9.17) is 11.2 Å². The van der Waals surface area contributed by atoms with Gasteiger partial charge in [0.1, 0.15) is 18.2 Å². The summed E-state index contributed by atoms with van der Waals surface area (Å²) >= 11 is 0. The summed E-state index contributed by atoms with van der Waals surface area (Å²) in [6, 6.07) is 3.95. The van der Waals surface area contributed by atoms with Crippen LogP contribution in [0.5, 0.6) is 5.75 Å². The van der Waals surface area contributed by atoms with Crippen LogP contribution < -0.4 is 4.74 Å². The number of rotatable bonds is 3. The summed E-state index contributed by atoms with van der Waals surface area (Å²) in [6.07, 6.45) is 4.24. The summed E-state index contributed by atoms with van der Waals surface area (Å²) in [6.45, 7) is 1.64. The summed E-state index contributed by atoms with van der Waals surface area (Å²) < 4.78 is 18.0. The summed E-state index contributed by atoms with van der Waals surface area (Å²) in [5.41, 5.74) is 0.403. The first-order valence-corrected chi connectivity index (χ1v) is 4.19. The van der Waals surface area contributed by atoms with Crippen molar-refractivity contribution in [2.45, 2.75) is 13.0 Å². The molecule has 0 aliphatic carbocycles. The minimum absolute atomic E-state index is 0.103. The summed E-state index contributed by atoms with van der Waals surface area (Å²) in [5.74, 6) is 2.31. The van der Waals surface area contributed by atoms with Crippen LogP contribution in [0.3, 0.4) is 0 Å². The molecule has 14 heavy (non-hydrogen) atoms. The summed E-state index contributed by atoms with van der Waals surface area (Å²) in [5, 5.41) is 9.33. The van der Waals surface area contributed by atoms with Crippen LogP contribution in [0, 0.1) is 18.2 Å². The van der Waals surface area contributed by atoms with Crippen molar-refractivity contribution in [2.24, 2.45) is 0 Å². The molecule has 3 heteroatoms. The van der Waals surface area contributed by atoms with Gasteiger partial charge in [0.15, 0.2) is 0 Å². The van der Waals surface area contributed by atoms with E-state index in [0.717, 1.165) is 0 Å². The molecule has 0 heterocycles. The van der Waals surface area contributed by atoms with E-state index in [0.29, 0.717) is 11.3 Å². The lowest BCUT2D eigenvalue weighted by Gasteiger charge is -2.11. The Labute approximate surface area is 82.3 Å². The second-order valence-electron chi connectivity index (χ2n) is 2.85. The fraction of sp³-hybridized carbons (Fsp3) is 0.273. The molecule has 0 bridgehead atoms. The highest BCUT2D eigenvalue weighted by Crippen LogP contribution is 2.25. The van der Waals surface area contributed by atoms with Gasteiger partial charge in [-0.25, -0.2) is 4.39 Å². The van der Waals surface area contributed by atoms with Gasteiger partial charge >= 0.3 is 0 Å². The molecule has 0 aliphatic heterocycles. The Morgan fingerprint density at radius 1 is 1.64 bits per heavy atom. The lowest BCUT2D eigenvalue weighted by molar-refractivity contribution is 0.192. The number of hydrogen-bond donors (Lipinski definition) is 1. The number of terminal acetylenes is 1. The Morgan fingerprint density at radius 3 is 2.93 bits per heavy atom. The van der Waals surface area contributed by atoms with Crippen molar-refractivity contribution in [3.05, 3.63) is 29.6 Å². The lowest BCUT2D eigenvalue weighted by Crippen LogP contribution is -2.01. The first kappa shape index (κ1) is 10.6. The SMILES string of the molecule is C#CCOc1ccc(F)cc1C(C)O. The molecule has 1 aromatic rings. The predicted molar refractivity (Wildman–Crippen MR) is 51.4 cm³/mol. The van der Waals surface area contributed by atoms with Crippen LogP contribution in [0.4, 0.5) is 4.39 Å². The average Bonchev–Trinajstić information content (AvgIpc) is 2.15. The predicted octanol–water partition coefficient (Wildman–Crippen LogP) is 1.89. The summed E-state index contributed by atoms with van der Waals surface area (Å²) in [4.78, 5) is 0. The van der Waals surface area contributed by atoms with E-state index in [2.05, 4.69) is 5.92 Å². The van der Waals surface area contributed by atoms with Crippen LogP contribution in [-0.4, -0.2) is 11.7 Å². The first-order valence-electron chi connectivity index (χ1n) is 4.19. The van der Waals surface area contributed by atoms with Gasteiger partial charge in [0.05, 0.1) is 6.10 Å². The number of aliphatic hydroxyl groups excluding tert-OH is 1. The molecule has 0 aromatic heterocycles. The maximum atomic E-state index is 12.8. The third kappa shape index (κ3) is 2.48. The van der Waals surface area contributed by atoms with E-state index in [1.165, 1.54) is 25.1 Å². The van der Waals surface area contributed by atoms with Gasteiger partial charge in [-0.2, -0.15) is 0 Å². The monoisotopic (exact) mass is 194 g/mol. The number of halogens is 1. The Balaban J connectivity index is 2.97. The highest BCUT2D eigenvalue weighted by molar-refractivity contribution is 5.35. The zero-order chi connectivity index (χ0) is 10.6. The zero-order valence-electron chi connectivity index (χ0n) is 7.83. The van der Waals surface area contributed by atoms with Crippen LogP contribution >= 0.6 is 0 Å². The Kier molecular flexibility index (Phi) is 3.49. The minimum Gasteiger partial charge on any atom is -0.481 e. The molecule has 1 unspecified atom stereocenters. The molecule has 0 amide bonds. The van der Waals surface area contributed by atoms with Crippen LogP contribution in [0.1, 0.15) is 18.6 Å². The Bertz CT molecular complexity index is 353. The second-order valence-corrected chi connectivity index (χ2v) is 2.85. The van der Waals surface area contributed by atoms with E-state index < -0.39 is 11.9 Å². The van der Waals surface area contributed by atoms with Crippen LogP contribution in [0.25, 0.3) is 0 Å². The molecule has 0 fully saturated rings. The number of aliphatic hydroxyl groups is 1. The fourth-order valence-corrected chi connectivity index (χ4v) is 1.10. The molecule has 0 saturated carbocycles. The smallest absolute Gasteiger partial charge is 0.148 e.